The summed E-state index contributed by atoms with van der Waals surface area (Å²) >= 11 is 0. The summed E-state index contributed by atoms with van der Waals surface area (Å²) in [6.45, 7) is 1.26. The van der Waals surface area contributed by atoms with Gasteiger partial charge in [-0.05, 0) is 12.8 Å². The predicted octanol–water partition coefficient (Wildman–Crippen LogP) is 0.771. The van der Waals surface area contributed by atoms with Gasteiger partial charge in [0.25, 0.3) is 0 Å². The number of rotatable bonds is 0. The first-order chi connectivity index (χ1) is 7.66. The average Bonchev–Trinajstić information content (AvgIpc) is 2.85. The van der Waals surface area contributed by atoms with Gasteiger partial charge in [-0.3, -0.25) is 0 Å². The van der Waals surface area contributed by atoms with Crippen molar-refractivity contribution in [2.75, 3.05) is 19.8 Å². The lowest BCUT2D eigenvalue weighted by Gasteiger charge is -2.42. The highest BCUT2D eigenvalue weighted by atomic mass is 19.1. The van der Waals surface area contributed by atoms with E-state index in [1.807, 2.05) is 0 Å². The first kappa shape index (κ1) is 10.9. The summed E-state index contributed by atoms with van der Waals surface area (Å²) in [6, 6.07) is 0. The van der Waals surface area contributed by atoms with Gasteiger partial charge in [0, 0.05) is 12.8 Å². The van der Waals surface area contributed by atoms with Crippen molar-refractivity contribution in [2.24, 2.45) is 0 Å². The molecule has 0 aromatic rings. The van der Waals surface area contributed by atoms with Crippen LogP contribution in [0.15, 0.2) is 0 Å². The van der Waals surface area contributed by atoms with Gasteiger partial charge in [0.15, 0.2) is 12.0 Å². The summed E-state index contributed by atoms with van der Waals surface area (Å²) < 4.78 is 29.9. The minimum absolute atomic E-state index is 0.00980. The first-order valence-corrected chi connectivity index (χ1v) is 5.90. The lowest BCUT2D eigenvalue weighted by atomic mass is 9.78. The second-order valence-corrected chi connectivity index (χ2v) is 4.94. The van der Waals surface area contributed by atoms with Crippen molar-refractivity contribution < 1.29 is 23.7 Å². The van der Waals surface area contributed by atoms with Crippen LogP contribution in [0.4, 0.5) is 4.39 Å². The Morgan fingerprint density at radius 3 is 2.12 bits per heavy atom. The average molecular weight is 232 g/mol. The van der Waals surface area contributed by atoms with E-state index in [2.05, 4.69) is 0 Å². The molecule has 1 saturated carbocycles. The van der Waals surface area contributed by atoms with Crippen LogP contribution in [0.25, 0.3) is 0 Å². The molecule has 0 bridgehead atoms. The standard InChI is InChI=1S/C11H17FO4/c12-8-7-16-10(9(8)13)1-3-11(4-2-10)14-5-6-15-11/h8-9,13H,1-7H2. The number of hydrogen-bond acceptors (Lipinski definition) is 4. The molecule has 5 heteroatoms. The van der Waals surface area contributed by atoms with E-state index in [1.165, 1.54) is 0 Å². The molecule has 1 N–H and O–H groups in total. The normalized spacial score (nSPS) is 40.9. The third kappa shape index (κ3) is 1.49. The minimum atomic E-state index is -1.25. The summed E-state index contributed by atoms with van der Waals surface area (Å²) in [7, 11) is 0. The van der Waals surface area contributed by atoms with Gasteiger partial charge in [0.2, 0.25) is 0 Å². The zero-order valence-corrected chi connectivity index (χ0v) is 9.15. The van der Waals surface area contributed by atoms with Crippen LogP contribution in [-0.4, -0.2) is 48.6 Å². The molecule has 2 saturated heterocycles. The van der Waals surface area contributed by atoms with Gasteiger partial charge in [-0.1, -0.05) is 0 Å². The van der Waals surface area contributed by atoms with Crippen molar-refractivity contribution in [3.63, 3.8) is 0 Å². The molecule has 4 nitrogen and oxygen atoms in total. The van der Waals surface area contributed by atoms with E-state index in [9.17, 15) is 9.50 Å². The Labute approximate surface area is 93.7 Å². The first-order valence-electron chi connectivity index (χ1n) is 5.90. The van der Waals surface area contributed by atoms with Crippen molar-refractivity contribution in [1.29, 1.82) is 0 Å². The summed E-state index contributed by atoms with van der Waals surface area (Å²) in [5, 5.41) is 9.82. The number of halogens is 1. The smallest absolute Gasteiger partial charge is 0.168 e. The Morgan fingerprint density at radius 1 is 1.00 bits per heavy atom. The second-order valence-electron chi connectivity index (χ2n) is 4.94. The fourth-order valence-electron chi connectivity index (χ4n) is 3.03. The molecular formula is C11H17FO4. The Morgan fingerprint density at radius 2 is 1.62 bits per heavy atom. The third-order valence-corrected chi connectivity index (χ3v) is 4.08. The number of ether oxygens (including phenoxy) is 3. The highest BCUT2D eigenvalue weighted by Crippen LogP contribution is 2.46. The van der Waals surface area contributed by atoms with Gasteiger partial charge in [-0.15, -0.1) is 0 Å². The van der Waals surface area contributed by atoms with Gasteiger partial charge < -0.3 is 19.3 Å². The molecule has 0 radical (unpaired) electrons. The predicted molar refractivity (Wildman–Crippen MR) is 52.7 cm³/mol. The van der Waals surface area contributed by atoms with Crippen LogP contribution in [-0.2, 0) is 14.2 Å². The molecule has 0 aromatic heterocycles. The molecule has 2 atom stereocenters. The molecule has 1 aliphatic carbocycles. The third-order valence-electron chi connectivity index (χ3n) is 4.08. The van der Waals surface area contributed by atoms with E-state index < -0.39 is 23.7 Å². The summed E-state index contributed by atoms with van der Waals surface area (Å²) in [6.07, 6.45) is 0.321. The van der Waals surface area contributed by atoms with E-state index in [0.29, 0.717) is 38.9 Å². The highest BCUT2D eigenvalue weighted by Gasteiger charge is 2.55. The zero-order valence-electron chi connectivity index (χ0n) is 9.15. The van der Waals surface area contributed by atoms with Crippen molar-refractivity contribution in [1.82, 2.24) is 0 Å². The molecule has 16 heavy (non-hydrogen) atoms. The molecule has 0 amide bonds. The van der Waals surface area contributed by atoms with Crippen LogP contribution in [0.2, 0.25) is 0 Å². The SMILES string of the molecule is OC1C(F)COC12CCC1(CC2)OCCO1. The van der Waals surface area contributed by atoms with E-state index in [4.69, 9.17) is 14.2 Å². The van der Waals surface area contributed by atoms with Gasteiger partial charge in [-0.25, -0.2) is 4.39 Å². The molecule has 2 unspecified atom stereocenters. The fraction of sp³-hybridized carbons (Fsp3) is 1.00. The number of hydrogen-bond donors (Lipinski definition) is 1. The van der Waals surface area contributed by atoms with Gasteiger partial charge in [0.05, 0.1) is 25.4 Å². The van der Waals surface area contributed by atoms with Crippen LogP contribution < -0.4 is 0 Å². The topological polar surface area (TPSA) is 47.9 Å². The van der Waals surface area contributed by atoms with Crippen LogP contribution in [0.5, 0.6) is 0 Å². The van der Waals surface area contributed by atoms with Crippen molar-refractivity contribution in [3.8, 4) is 0 Å². The summed E-state index contributed by atoms with van der Waals surface area (Å²) in [5.41, 5.74) is -0.694. The van der Waals surface area contributed by atoms with Crippen LogP contribution in [0.3, 0.4) is 0 Å². The van der Waals surface area contributed by atoms with Crippen molar-refractivity contribution in [2.45, 2.75) is 49.3 Å². The summed E-state index contributed by atoms with van der Waals surface area (Å²) in [4.78, 5) is 0. The molecule has 2 aliphatic heterocycles. The number of aliphatic hydroxyl groups is 1. The molecule has 3 rings (SSSR count). The maximum atomic E-state index is 13.3. The van der Waals surface area contributed by atoms with Crippen molar-refractivity contribution >= 4 is 0 Å². The zero-order chi connectivity index (χ0) is 11.2. The number of alkyl halides is 1. The van der Waals surface area contributed by atoms with Gasteiger partial charge in [-0.2, -0.15) is 0 Å². The number of aliphatic hydroxyl groups excluding tert-OH is 1. The Kier molecular flexibility index (Phi) is 2.47. The summed E-state index contributed by atoms with van der Waals surface area (Å²) in [5.74, 6) is -0.483. The molecule has 3 fully saturated rings. The quantitative estimate of drug-likeness (QED) is 0.670. The molecule has 2 heterocycles. The molecule has 0 aromatic carbocycles. The largest absolute Gasteiger partial charge is 0.387 e. The van der Waals surface area contributed by atoms with E-state index in [-0.39, 0.29) is 6.61 Å². The van der Waals surface area contributed by atoms with Crippen LogP contribution in [0, 0.1) is 0 Å². The van der Waals surface area contributed by atoms with E-state index >= 15 is 0 Å². The molecule has 3 aliphatic rings. The minimum Gasteiger partial charge on any atom is -0.387 e. The lowest BCUT2D eigenvalue weighted by Crippen LogP contribution is -2.50. The highest BCUT2D eigenvalue weighted by molar-refractivity contribution is 5.02. The Bertz CT molecular complexity index is 267. The second kappa shape index (κ2) is 3.63. The molecule has 2 spiro atoms. The van der Waals surface area contributed by atoms with E-state index in [1.54, 1.807) is 0 Å². The maximum Gasteiger partial charge on any atom is 0.168 e. The molecular weight excluding hydrogens is 215 g/mol. The maximum absolute atomic E-state index is 13.3. The monoisotopic (exact) mass is 232 g/mol. The van der Waals surface area contributed by atoms with Crippen LogP contribution >= 0.6 is 0 Å². The lowest BCUT2D eigenvalue weighted by molar-refractivity contribution is -0.213. The molecule has 92 valence electrons. The van der Waals surface area contributed by atoms with Gasteiger partial charge in [0.1, 0.15) is 6.10 Å². The van der Waals surface area contributed by atoms with Gasteiger partial charge >= 0.3 is 0 Å². The van der Waals surface area contributed by atoms with E-state index in [0.717, 1.165) is 0 Å². The Balaban J connectivity index is 1.70. The Hall–Kier alpha value is -0.230. The fourth-order valence-corrected chi connectivity index (χ4v) is 3.03. The van der Waals surface area contributed by atoms with Crippen molar-refractivity contribution in [3.05, 3.63) is 0 Å². The van der Waals surface area contributed by atoms with Crippen LogP contribution in [0.1, 0.15) is 25.7 Å².